The number of hydrogen-bond acceptors (Lipinski definition) is 4. The van der Waals surface area contributed by atoms with Gasteiger partial charge in [-0.3, -0.25) is 9.20 Å². The number of nitrogens with zero attached hydrogens (tertiary/aromatic N) is 3. The van der Waals surface area contributed by atoms with Gasteiger partial charge in [0.15, 0.2) is 10.8 Å². The van der Waals surface area contributed by atoms with Crippen molar-refractivity contribution in [2.24, 2.45) is 0 Å². The maximum Gasteiger partial charge on any atom is 0.417 e. The van der Waals surface area contributed by atoms with Gasteiger partial charge in [-0.25, -0.2) is 4.39 Å². The van der Waals surface area contributed by atoms with Crippen molar-refractivity contribution in [2.75, 3.05) is 5.32 Å². The zero-order valence-corrected chi connectivity index (χ0v) is 15.2. The highest BCUT2D eigenvalue weighted by Crippen LogP contribution is 2.31. The second-order valence-electron chi connectivity index (χ2n) is 5.50. The zero-order valence-electron chi connectivity index (χ0n) is 13.6. The summed E-state index contributed by atoms with van der Waals surface area (Å²) < 4.78 is 53.6. The largest absolute Gasteiger partial charge is 0.417 e. The number of fused-ring (bicyclic) bond motifs is 1. The minimum Gasteiger partial charge on any atom is -0.323 e. The third-order valence-electron chi connectivity index (χ3n) is 3.54. The molecule has 2 heterocycles. The van der Waals surface area contributed by atoms with Gasteiger partial charge in [0.25, 0.3) is 0 Å². The van der Waals surface area contributed by atoms with Crippen molar-refractivity contribution in [1.82, 2.24) is 14.6 Å². The molecule has 1 amide bonds. The number of halogens is 5. The molecule has 0 fully saturated rings. The first-order chi connectivity index (χ1) is 12.6. The van der Waals surface area contributed by atoms with E-state index in [1.54, 1.807) is 0 Å². The van der Waals surface area contributed by atoms with Crippen LogP contribution in [0.2, 0.25) is 5.02 Å². The van der Waals surface area contributed by atoms with E-state index in [1.807, 2.05) is 0 Å². The molecule has 1 unspecified atom stereocenters. The van der Waals surface area contributed by atoms with Gasteiger partial charge in [0, 0.05) is 11.2 Å². The molecule has 1 aromatic carbocycles. The molecule has 2 aromatic heterocycles. The van der Waals surface area contributed by atoms with E-state index in [2.05, 4.69) is 15.5 Å². The summed E-state index contributed by atoms with van der Waals surface area (Å²) in [5.41, 5.74) is -0.707. The van der Waals surface area contributed by atoms with Gasteiger partial charge in [0.2, 0.25) is 5.91 Å². The molecule has 3 aromatic rings. The first-order valence-corrected chi connectivity index (χ1v) is 8.75. The SMILES string of the molecule is CC(Sc1nnc2ccc(C(F)(F)F)cn12)C(=O)Nc1ccc(Cl)cc1F. The Morgan fingerprint density at radius 2 is 2.00 bits per heavy atom. The lowest BCUT2D eigenvalue weighted by molar-refractivity contribution is -0.137. The third-order valence-corrected chi connectivity index (χ3v) is 4.83. The molecule has 0 saturated carbocycles. The van der Waals surface area contributed by atoms with Crippen molar-refractivity contribution in [3.8, 4) is 0 Å². The van der Waals surface area contributed by atoms with Crippen molar-refractivity contribution in [3.63, 3.8) is 0 Å². The number of amides is 1. The average molecular weight is 419 g/mol. The fourth-order valence-corrected chi connectivity index (χ4v) is 3.14. The number of anilines is 1. The number of thioether (sulfide) groups is 1. The highest BCUT2D eigenvalue weighted by molar-refractivity contribution is 8.00. The molecule has 0 spiro atoms. The maximum atomic E-state index is 13.8. The number of benzene rings is 1. The first kappa shape index (κ1) is 19.4. The Bertz CT molecular complexity index is 1010. The van der Waals surface area contributed by atoms with Gasteiger partial charge >= 0.3 is 6.18 Å². The molecule has 142 valence electrons. The van der Waals surface area contributed by atoms with Gasteiger partial charge in [-0.15, -0.1) is 10.2 Å². The Morgan fingerprint density at radius 1 is 1.26 bits per heavy atom. The van der Waals surface area contributed by atoms with Crippen LogP contribution in [0.4, 0.5) is 23.2 Å². The van der Waals surface area contributed by atoms with Gasteiger partial charge in [0.05, 0.1) is 16.5 Å². The quantitative estimate of drug-likeness (QED) is 0.494. The maximum absolute atomic E-state index is 13.8. The summed E-state index contributed by atoms with van der Waals surface area (Å²) in [4.78, 5) is 12.3. The van der Waals surface area contributed by atoms with Crippen LogP contribution in [0.1, 0.15) is 12.5 Å². The number of hydrogen-bond donors (Lipinski definition) is 1. The standard InChI is InChI=1S/C16H11ClF4N4OS/c1-8(14(26)22-12-4-3-10(17)6-11(12)18)27-15-24-23-13-5-2-9(7-25(13)15)16(19,20)21/h2-8H,1H3,(H,22,26). The van der Waals surface area contributed by atoms with E-state index in [9.17, 15) is 22.4 Å². The summed E-state index contributed by atoms with van der Waals surface area (Å²) in [7, 11) is 0. The highest BCUT2D eigenvalue weighted by Gasteiger charge is 2.31. The topological polar surface area (TPSA) is 59.3 Å². The number of rotatable bonds is 4. The van der Waals surface area contributed by atoms with Crippen molar-refractivity contribution < 1.29 is 22.4 Å². The molecule has 11 heteroatoms. The van der Waals surface area contributed by atoms with Crippen LogP contribution < -0.4 is 5.32 Å². The van der Waals surface area contributed by atoms with Crippen LogP contribution in [0.15, 0.2) is 41.7 Å². The molecule has 1 N–H and O–H groups in total. The van der Waals surface area contributed by atoms with Crippen LogP contribution in [0.25, 0.3) is 5.65 Å². The van der Waals surface area contributed by atoms with E-state index >= 15 is 0 Å². The Balaban J connectivity index is 1.78. The van der Waals surface area contributed by atoms with Crippen molar-refractivity contribution in [2.45, 2.75) is 23.5 Å². The van der Waals surface area contributed by atoms with Crippen LogP contribution in [-0.4, -0.2) is 25.8 Å². The molecule has 0 aliphatic heterocycles. The van der Waals surface area contributed by atoms with Crippen molar-refractivity contribution in [3.05, 3.63) is 52.9 Å². The van der Waals surface area contributed by atoms with Crippen LogP contribution in [0, 0.1) is 5.82 Å². The van der Waals surface area contributed by atoms with E-state index in [1.165, 1.54) is 25.1 Å². The van der Waals surface area contributed by atoms with Gasteiger partial charge in [0.1, 0.15) is 5.82 Å². The van der Waals surface area contributed by atoms with Gasteiger partial charge in [-0.1, -0.05) is 23.4 Å². The second-order valence-corrected chi connectivity index (χ2v) is 7.24. The molecule has 27 heavy (non-hydrogen) atoms. The lowest BCUT2D eigenvalue weighted by Crippen LogP contribution is -2.23. The molecule has 0 aliphatic rings. The number of carbonyl (C=O) groups is 1. The predicted molar refractivity (Wildman–Crippen MR) is 93.3 cm³/mol. The Labute approximate surface area is 159 Å². The van der Waals surface area contributed by atoms with Gasteiger partial charge in [-0.05, 0) is 37.3 Å². The van der Waals surface area contributed by atoms with E-state index in [-0.39, 0.29) is 21.5 Å². The number of pyridine rings is 1. The summed E-state index contributed by atoms with van der Waals surface area (Å²) >= 11 is 6.55. The lowest BCUT2D eigenvalue weighted by atomic mass is 10.3. The molecule has 0 bridgehead atoms. The summed E-state index contributed by atoms with van der Waals surface area (Å²) in [6, 6.07) is 5.88. The Kier molecular flexibility index (Phi) is 5.29. The summed E-state index contributed by atoms with van der Waals surface area (Å²) in [6.45, 7) is 1.52. The summed E-state index contributed by atoms with van der Waals surface area (Å²) in [5.74, 6) is -1.25. The van der Waals surface area contributed by atoms with Crippen LogP contribution >= 0.6 is 23.4 Å². The molecule has 5 nitrogen and oxygen atoms in total. The molecular formula is C16H11ClF4N4OS. The smallest absolute Gasteiger partial charge is 0.323 e. The molecule has 0 aliphatic carbocycles. The van der Waals surface area contributed by atoms with E-state index < -0.39 is 28.7 Å². The molecule has 0 saturated heterocycles. The minimum absolute atomic E-state index is 0.0534. The monoisotopic (exact) mass is 418 g/mol. The molecule has 0 radical (unpaired) electrons. The normalized spacial score (nSPS) is 13.0. The molecule has 3 rings (SSSR count). The van der Waals surface area contributed by atoms with Crippen molar-refractivity contribution >= 4 is 40.6 Å². The number of carbonyl (C=O) groups excluding carboxylic acids is 1. The van der Waals surface area contributed by atoms with E-state index in [0.717, 1.165) is 34.5 Å². The third kappa shape index (κ3) is 4.33. The van der Waals surface area contributed by atoms with Gasteiger partial charge < -0.3 is 5.32 Å². The minimum atomic E-state index is -4.52. The fraction of sp³-hybridized carbons (Fsp3) is 0.188. The molecular weight excluding hydrogens is 408 g/mol. The summed E-state index contributed by atoms with van der Waals surface area (Å²) in [6.07, 6.45) is -3.66. The zero-order chi connectivity index (χ0) is 19.8. The number of nitrogens with one attached hydrogen (secondary N) is 1. The van der Waals surface area contributed by atoms with Crippen LogP contribution in [-0.2, 0) is 11.0 Å². The molecule has 1 atom stereocenters. The van der Waals surface area contributed by atoms with Crippen LogP contribution in [0.3, 0.4) is 0 Å². The first-order valence-electron chi connectivity index (χ1n) is 7.49. The Hall–Kier alpha value is -2.33. The summed E-state index contributed by atoms with van der Waals surface area (Å²) in [5, 5.41) is 9.51. The van der Waals surface area contributed by atoms with Crippen molar-refractivity contribution in [1.29, 1.82) is 0 Å². The van der Waals surface area contributed by atoms with Gasteiger partial charge in [-0.2, -0.15) is 13.2 Å². The van der Waals surface area contributed by atoms with E-state index in [4.69, 9.17) is 11.6 Å². The predicted octanol–water partition coefficient (Wildman–Crippen LogP) is 4.66. The number of aromatic nitrogens is 3. The fourth-order valence-electron chi connectivity index (χ4n) is 2.15. The average Bonchev–Trinajstić information content (AvgIpc) is 2.98. The Morgan fingerprint density at radius 3 is 2.67 bits per heavy atom. The highest BCUT2D eigenvalue weighted by atomic mass is 35.5. The second kappa shape index (κ2) is 7.35. The lowest BCUT2D eigenvalue weighted by Gasteiger charge is -2.12. The number of alkyl halides is 3. The van der Waals surface area contributed by atoms with E-state index in [0.29, 0.717) is 0 Å². The van der Waals surface area contributed by atoms with Crippen LogP contribution in [0.5, 0.6) is 0 Å².